The molecule has 0 aliphatic heterocycles. The summed E-state index contributed by atoms with van der Waals surface area (Å²) in [5, 5.41) is 5.05. The van der Waals surface area contributed by atoms with E-state index in [1.54, 1.807) is 30.1 Å². The molecule has 8 heteroatoms. The van der Waals surface area contributed by atoms with Crippen LogP contribution < -0.4 is 5.56 Å². The lowest BCUT2D eigenvalue weighted by Crippen LogP contribution is -2.13. The average Bonchev–Trinajstić information content (AvgIpc) is 3.46. The lowest BCUT2D eigenvalue weighted by atomic mass is 10.1. The quantitative estimate of drug-likeness (QED) is 0.576. The van der Waals surface area contributed by atoms with Crippen LogP contribution in [0.3, 0.4) is 0 Å². The second-order valence-corrected chi connectivity index (χ2v) is 7.38. The van der Waals surface area contributed by atoms with Crippen LogP contribution in [-0.4, -0.2) is 24.7 Å². The Morgan fingerprint density at radius 2 is 1.93 bits per heavy atom. The Kier molecular flexibility index (Phi) is 4.01. The predicted octanol–water partition coefficient (Wildman–Crippen LogP) is 3.47. The predicted molar refractivity (Wildman–Crippen MR) is 103 cm³/mol. The van der Waals surface area contributed by atoms with Crippen LogP contribution in [0, 0.1) is 11.6 Å². The minimum atomic E-state index is -0.650. The minimum absolute atomic E-state index is 0.181. The molecule has 3 aromatic heterocycles. The summed E-state index contributed by atoms with van der Waals surface area (Å²) in [6, 6.07) is 6.78. The number of nitrogens with zero attached hydrogens (tertiary/aromatic N) is 4. The van der Waals surface area contributed by atoms with Crippen molar-refractivity contribution in [2.75, 3.05) is 0 Å². The summed E-state index contributed by atoms with van der Waals surface area (Å²) in [5.74, 6) is -0.429. The summed E-state index contributed by atoms with van der Waals surface area (Å²) in [7, 11) is 1.79. The maximum atomic E-state index is 13.4. The zero-order valence-electron chi connectivity index (χ0n) is 15.6. The van der Waals surface area contributed by atoms with Gasteiger partial charge >= 0.3 is 0 Å². The molecular formula is C21H17F2N5O. The first-order chi connectivity index (χ1) is 14.0. The van der Waals surface area contributed by atoms with E-state index in [0.717, 1.165) is 30.2 Å². The van der Waals surface area contributed by atoms with Crippen LogP contribution in [0.15, 0.2) is 41.3 Å². The average molecular weight is 393 g/mol. The van der Waals surface area contributed by atoms with Gasteiger partial charge in [0.25, 0.3) is 5.56 Å². The highest BCUT2D eigenvalue weighted by molar-refractivity contribution is 5.78. The SMILES string of the molecule is Cn1nc(C2CC2)c2c(=O)[nH]c(Cc3ccc(-c4cc(F)cc(F)c4)nc3)nc21. The van der Waals surface area contributed by atoms with Crippen LogP contribution in [0.2, 0.25) is 0 Å². The van der Waals surface area contributed by atoms with E-state index in [2.05, 4.69) is 20.1 Å². The number of aryl methyl sites for hydroxylation is 1. The molecule has 1 saturated carbocycles. The van der Waals surface area contributed by atoms with Gasteiger partial charge in [-0.25, -0.2) is 18.4 Å². The Bertz CT molecular complexity index is 1270. The van der Waals surface area contributed by atoms with Crippen LogP contribution >= 0.6 is 0 Å². The number of aromatic nitrogens is 5. The number of benzene rings is 1. The standard InChI is InChI=1S/C21H17F2N5O/c1-28-20-18(19(27-28)12-3-4-12)21(29)26-17(25-20)6-11-2-5-16(24-10-11)13-7-14(22)9-15(23)8-13/h2,5,7-10,12H,3-4,6H2,1H3,(H,25,26,29). The van der Waals surface area contributed by atoms with Crippen molar-refractivity contribution in [2.24, 2.45) is 7.05 Å². The Morgan fingerprint density at radius 3 is 2.59 bits per heavy atom. The molecule has 1 aliphatic rings. The van der Waals surface area contributed by atoms with Gasteiger partial charge in [0.15, 0.2) is 5.65 Å². The number of hydrogen-bond acceptors (Lipinski definition) is 4. The molecule has 0 saturated heterocycles. The lowest BCUT2D eigenvalue weighted by Gasteiger charge is -2.05. The van der Waals surface area contributed by atoms with Gasteiger partial charge in [0.05, 0.1) is 11.4 Å². The fourth-order valence-corrected chi connectivity index (χ4v) is 3.55. The first-order valence-corrected chi connectivity index (χ1v) is 9.35. The zero-order valence-corrected chi connectivity index (χ0v) is 15.6. The van der Waals surface area contributed by atoms with E-state index in [-0.39, 0.29) is 5.56 Å². The summed E-state index contributed by atoms with van der Waals surface area (Å²) in [4.78, 5) is 24.4. The van der Waals surface area contributed by atoms with Gasteiger partial charge in [-0.15, -0.1) is 0 Å². The summed E-state index contributed by atoms with van der Waals surface area (Å²) >= 11 is 0. The molecule has 0 bridgehead atoms. The molecule has 3 heterocycles. The van der Waals surface area contributed by atoms with Crippen molar-refractivity contribution in [3.05, 3.63) is 75.6 Å². The van der Waals surface area contributed by atoms with E-state index in [1.165, 1.54) is 12.1 Å². The van der Waals surface area contributed by atoms with Crippen molar-refractivity contribution in [2.45, 2.75) is 25.2 Å². The highest BCUT2D eigenvalue weighted by atomic mass is 19.1. The number of fused-ring (bicyclic) bond motifs is 1. The number of halogens is 2. The number of hydrogen-bond donors (Lipinski definition) is 1. The number of pyridine rings is 1. The van der Waals surface area contributed by atoms with Gasteiger partial charge in [0, 0.05) is 37.2 Å². The van der Waals surface area contributed by atoms with Crippen LogP contribution in [-0.2, 0) is 13.5 Å². The third-order valence-electron chi connectivity index (χ3n) is 5.09. The van der Waals surface area contributed by atoms with E-state index in [1.807, 2.05) is 0 Å². The summed E-state index contributed by atoms with van der Waals surface area (Å²) in [5.41, 5.74) is 2.87. The number of rotatable bonds is 4. The van der Waals surface area contributed by atoms with Gasteiger partial charge in [-0.05, 0) is 36.6 Å². The maximum absolute atomic E-state index is 13.4. The normalized spacial score (nSPS) is 13.9. The summed E-state index contributed by atoms with van der Waals surface area (Å²) in [6.45, 7) is 0. The minimum Gasteiger partial charge on any atom is -0.310 e. The van der Waals surface area contributed by atoms with E-state index in [0.29, 0.717) is 40.5 Å². The van der Waals surface area contributed by atoms with Crippen molar-refractivity contribution in [3.8, 4) is 11.3 Å². The largest absolute Gasteiger partial charge is 0.310 e. The molecule has 0 unspecified atom stereocenters. The molecular weight excluding hydrogens is 376 g/mol. The van der Waals surface area contributed by atoms with E-state index >= 15 is 0 Å². The number of aromatic amines is 1. The second kappa shape index (κ2) is 6.58. The molecule has 1 N–H and O–H groups in total. The fourth-order valence-electron chi connectivity index (χ4n) is 3.55. The van der Waals surface area contributed by atoms with Gasteiger partial charge in [0.2, 0.25) is 0 Å². The van der Waals surface area contributed by atoms with Crippen LogP contribution in [0.1, 0.15) is 35.8 Å². The molecule has 1 fully saturated rings. The molecule has 1 aromatic carbocycles. The molecule has 5 rings (SSSR count). The molecule has 0 radical (unpaired) electrons. The van der Waals surface area contributed by atoms with Gasteiger partial charge < -0.3 is 4.98 Å². The van der Waals surface area contributed by atoms with E-state index in [4.69, 9.17) is 0 Å². The Hall–Kier alpha value is -3.42. The third-order valence-corrected chi connectivity index (χ3v) is 5.09. The Labute approximate surface area is 164 Å². The summed E-state index contributed by atoms with van der Waals surface area (Å²) in [6.07, 6.45) is 4.10. The van der Waals surface area contributed by atoms with Gasteiger partial charge in [-0.1, -0.05) is 6.07 Å². The molecule has 6 nitrogen and oxygen atoms in total. The molecule has 1 aliphatic carbocycles. The molecule has 29 heavy (non-hydrogen) atoms. The van der Waals surface area contributed by atoms with Crippen LogP contribution in [0.25, 0.3) is 22.3 Å². The van der Waals surface area contributed by atoms with Crippen molar-refractivity contribution in [3.63, 3.8) is 0 Å². The number of nitrogens with one attached hydrogen (secondary N) is 1. The monoisotopic (exact) mass is 393 g/mol. The highest BCUT2D eigenvalue weighted by Gasteiger charge is 2.30. The van der Waals surface area contributed by atoms with Crippen molar-refractivity contribution < 1.29 is 8.78 Å². The maximum Gasteiger partial charge on any atom is 0.262 e. The molecule has 0 atom stereocenters. The molecule has 146 valence electrons. The third kappa shape index (κ3) is 3.30. The second-order valence-electron chi connectivity index (χ2n) is 7.38. The first kappa shape index (κ1) is 17.7. The van der Waals surface area contributed by atoms with Crippen LogP contribution in [0.5, 0.6) is 0 Å². The molecule has 0 spiro atoms. The smallest absolute Gasteiger partial charge is 0.262 e. The Morgan fingerprint density at radius 1 is 1.17 bits per heavy atom. The summed E-state index contributed by atoms with van der Waals surface area (Å²) < 4.78 is 28.5. The van der Waals surface area contributed by atoms with Gasteiger partial charge in [0.1, 0.15) is 22.8 Å². The van der Waals surface area contributed by atoms with Crippen molar-refractivity contribution >= 4 is 11.0 Å². The fraction of sp³-hybridized carbons (Fsp3) is 0.238. The van der Waals surface area contributed by atoms with E-state index < -0.39 is 11.6 Å². The van der Waals surface area contributed by atoms with Crippen molar-refractivity contribution in [1.82, 2.24) is 24.7 Å². The lowest BCUT2D eigenvalue weighted by molar-refractivity contribution is 0.584. The molecule has 4 aromatic rings. The Balaban J connectivity index is 1.45. The molecule has 0 amide bonds. The number of H-pyrrole nitrogens is 1. The van der Waals surface area contributed by atoms with Gasteiger partial charge in [-0.3, -0.25) is 9.78 Å². The zero-order chi connectivity index (χ0) is 20.1. The van der Waals surface area contributed by atoms with E-state index in [9.17, 15) is 13.6 Å². The van der Waals surface area contributed by atoms with Gasteiger partial charge in [-0.2, -0.15) is 5.10 Å². The van der Waals surface area contributed by atoms with Crippen LogP contribution in [0.4, 0.5) is 8.78 Å². The first-order valence-electron chi connectivity index (χ1n) is 9.35. The van der Waals surface area contributed by atoms with Crippen molar-refractivity contribution in [1.29, 1.82) is 0 Å². The topological polar surface area (TPSA) is 76.5 Å². The highest BCUT2D eigenvalue weighted by Crippen LogP contribution is 2.41.